The zero-order chi connectivity index (χ0) is 16.8. The molecule has 0 atom stereocenters. The fraction of sp³-hybridized carbons (Fsp3) is 0.579. The quantitative estimate of drug-likeness (QED) is 0.709. The molecule has 0 radical (unpaired) electrons. The van der Waals surface area contributed by atoms with Crippen LogP contribution in [0, 0.1) is 17.2 Å². The van der Waals surface area contributed by atoms with Crippen molar-refractivity contribution in [3.8, 4) is 17.5 Å². The topological polar surface area (TPSA) is 75.6 Å². The van der Waals surface area contributed by atoms with Gasteiger partial charge in [0, 0.05) is 17.7 Å². The first-order chi connectivity index (χ1) is 11.8. The number of hydrogen-bond acceptors (Lipinski definition) is 5. The Morgan fingerprint density at radius 3 is 2.83 bits per heavy atom. The molecule has 24 heavy (non-hydrogen) atoms. The number of rotatable bonds is 6. The summed E-state index contributed by atoms with van der Waals surface area (Å²) in [6.07, 6.45) is 11.8. The minimum absolute atomic E-state index is 0.361. The van der Waals surface area contributed by atoms with Gasteiger partial charge in [-0.15, -0.1) is 0 Å². The summed E-state index contributed by atoms with van der Waals surface area (Å²) >= 11 is 0. The fourth-order valence-corrected chi connectivity index (χ4v) is 3.53. The first kappa shape index (κ1) is 16.6. The van der Waals surface area contributed by atoms with E-state index in [0.717, 1.165) is 30.1 Å². The van der Waals surface area contributed by atoms with Gasteiger partial charge < -0.3 is 4.52 Å². The van der Waals surface area contributed by atoms with E-state index in [9.17, 15) is 0 Å². The van der Waals surface area contributed by atoms with E-state index in [1.807, 2.05) is 6.07 Å². The van der Waals surface area contributed by atoms with E-state index >= 15 is 0 Å². The Hall–Kier alpha value is -2.22. The van der Waals surface area contributed by atoms with E-state index in [-0.39, 0.29) is 0 Å². The summed E-state index contributed by atoms with van der Waals surface area (Å²) in [7, 11) is 0. The maximum absolute atomic E-state index is 8.94. The molecule has 0 aliphatic heterocycles. The third kappa shape index (κ3) is 4.00. The van der Waals surface area contributed by atoms with Gasteiger partial charge in [-0.3, -0.25) is 0 Å². The van der Waals surface area contributed by atoms with Gasteiger partial charge in [-0.2, -0.15) is 10.2 Å². The summed E-state index contributed by atoms with van der Waals surface area (Å²) in [4.78, 5) is 8.53. The molecular formula is C19H24N4O. The Labute approximate surface area is 143 Å². The standard InChI is InChI=1S/C19H24N4O/c1-2-3-4-5-14-6-8-15(9-7-14)18-22-19(24-23-18)16-10-11-21-17(12-16)13-20/h10-12,14-15H,2-9H2,1H3/t14-,15-. The molecule has 1 saturated carbocycles. The Balaban J connectivity index is 1.59. The third-order valence-corrected chi connectivity index (χ3v) is 4.99. The molecule has 0 saturated heterocycles. The van der Waals surface area contributed by atoms with Gasteiger partial charge in [0.2, 0.25) is 0 Å². The molecule has 2 aromatic rings. The Morgan fingerprint density at radius 2 is 2.08 bits per heavy atom. The SMILES string of the molecule is CCCCC[C@H]1CC[C@H](c2noc(-c3ccnc(C#N)c3)n2)CC1. The van der Waals surface area contributed by atoms with Crippen LogP contribution < -0.4 is 0 Å². The average Bonchev–Trinajstić information content (AvgIpc) is 3.13. The van der Waals surface area contributed by atoms with Crippen molar-refractivity contribution in [3.63, 3.8) is 0 Å². The molecule has 3 rings (SSSR count). The lowest BCUT2D eigenvalue weighted by molar-refractivity contribution is 0.292. The highest BCUT2D eigenvalue weighted by Gasteiger charge is 2.26. The number of unbranched alkanes of at least 4 members (excludes halogenated alkanes) is 2. The summed E-state index contributed by atoms with van der Waals surface area (Å²) < 4.78 is 5.41. The van der Waals surface area contributed by atoms with Gasteiger partial charge in [0.25, 0.3) is 5.89 Å². The minimum Gasteiger partial charge on any atom is -0.334 e. The molecule has 1 fully saturated rings. The number of pyridine rings is 1. The average molecular weight is 324 g/mol. The number of nitriles is 1. The highest BCUT2D eigenvalue weighted by atomic mass is 16.5. The monoisotopic (exact) mass is 324 g/mol. The number of nitrogens with zero attached hydrogens (tertiary/aromatic N) is 4. The lowest BCUT2D eigenvalue weighted by atomic mass is 9.79. The molecule has 0 bridgehead atoms. The Kier molecular flexibility index (Phi) is 5.58. The highest BCUT2D eigenvalue weighted by molar-refractivity contribution is 5.54. The predicted octanol–water partition coefficient (Wildman–Crippen LogP) is 4.86. The van der Waals surface area contributed by atoms with Crippen LogP contribution in [0.5, 0.6) is 0 Å². The molecule has 0 amide bonds. The highest BCUT2D eigenvalue weighted by Crippen LogP contribution is 2.37. The van der Waals surface area contributed by atoms with E-state index in [1.165, 1.54) is 38.5 Å². The zero-order valence-electron chi connectivity index (χ0n) is 14.2. The summed E-state index contributed by atoms with van der Waals surface area (Å²) in [5.41, 5.74) is 1.12. The molecule has 126 valence electrons. The van der Waals surface area contributed by atoms with Crippen LogP contribution in [-0.4, -0.2) is 15.1 Å². The summed E-state index contributed by atoms with van der Waals surface area (Å²) in [6.45, 7) is 2.26. The van der Waals surface area contributed by atoms with Crippen LogP contribution in [0.25, 0.3) is 11.5 Å². The second kappa shape index (κ2) is 8.05. The van der Waals surface area contributed by atoms with Gasteiger partial charge >= 0.3 is 0 Å². The molecular weight excluding hydrogens is 300 g/mol. The van der Waals surface area contributed by atoms with Crippen LogP contribution in [0.1, 0.15) is 75.7 Å². The Morgan fingerprint density at radius 1 is 1.25 bits per heavy atom. The van der Waals surface area contributed by atoms with Gasteiger partial charge in [0.15, 0.2) is 5.82 Å². The number of hydrogen-bond donors (Lipinski definition) is 0. The lowest BCUT2D eigenvalue weighted by Crippen LogP contribution is -2.14. The molecule has 0 N–H and O–H groups in total. The molecule has 1 aliphatic rings. The molecule has 2 aromatic heterocycles. The second-order valence-electron chi connectivity index (χ2n) is 6.71. The molecule has 2 heterocycles. The van der Waals surface area contributed by atoms with Crippen molar-refractivity contribution in [3.05, 3.63) is 29.8 Å². The maximum atomic E-state index is 8.94. The Bertz CT molecular complexity index is 695. The van der Waals surface area contributed by atoms with Crippen molar-refractivity contribution in [1.82, 2.24) is 15.1 Å². The predicted molar refractivity (Wildman–Crippen MR) is 91.1 cm³/mol. The van der Waals surface area contributed by atoms with Gasteiger partial charge in [-0.25, -0.2) is 4.98 Å². The third-order valence-electron chi connectivity index (χ3n) is 4.99. The van der Waals surface area contributed by atoms with Crippen molar-refractivity contribution < 1.29 is 4.52 Å². The molecule has 5 nitrogen and oxygen atoms in total. The smallest absolute Gasteiger partial charge is 0.258 e. The summed E-state index contributed by atoms with van der Waals surface area (Å²) in [6, 6.07) is 5.51. The van der Waals surface area contributed by atoms with Gasteiger partial charge in [-0.05, 0) is 43.7 Å². The first-order valence-corrected chi connectivity index (χ1v) is 9.00. The fourth-order valence-electron chi connectivity index (χ4n) is 3.53. The summed E-state index contributed by atoms with van der Waals surface area (Å²) in [5.74, 6) is 2.57. The molecule has 0 unspecified atom stereocenters. The zero-order valence-corrected chi connectivity index (χ0v) is 14.2. The molecule has 5 heteroatoms. The normalized spacial score (nSPS) is 20.7. The van der Waals surface area contributed by atoms with Crippen molar-refractivity contribution in [2.45, 2.75) is 64.2 Å². The van der Waals surface area contributed by atoms with Crippen molar-refractivity contribution in [1.29, 1.82) is 5.26 Å². The van der Waals surface area contributed by atoms with Crippen LogP contribution in [0.15, 0.2) is 22.9 Å². The van der Waals surface area contributed by atoms with E-state index < -0.39 is 0 Å². The van der Waals surface area contributed by atoms with Crippen molar-refractivity contribution in [2.24, 2.45) is 5.92 Å². The van der Waals surface area contributed by atoms with Crippen LogP contribution in [0.3, 0.4) is 0 Å². The molecule has 0 spiro atoms. The molecule has 1 aliphatic carbocycles. The lowest BCUT2D eigenvalue weighted by Gasteiger charge is -2.26. The van der Waals surface area contributed by atoms with Crippen LogP contribution in [0.4, 0.5) is 0 Å². The molecule has 0 aromatic carbocycles. The van der Waals surface area contributed by atoms with Gasteiger partial charge in [0.1, 0.15) is 11.8 Å². The van der Waals surface area contributed by atoms with Crippen molar-refractivity contribution >= 4 is 0 Å². The summed E-state index contributed by atoms with van der Waals surface area (Å²) in [5, 5.41) is 13.1. The first-order valence-electron chi connectivity index (χ1n) is 9.00. The van der Waals surface area contributed by atoms with Crippen LogP contribution in [-0.2, 0) is 0 Å². The van der Waals surface area contributed by atoms with Crippen LogP contribution >= 0.6 is 0 Å². The van der Waals surface area contributed by atoms with Gasteiger partial charge in [0.05, 0.1) is 0 Å². The minimum atomic E-state index is 0.361. The number of aromatic nitrogens is 3. The van der Waals surface area contributed by atoms with E-state index in [1.54, 1.807) is 18.3 Å². The second-order valence-corrected chi connectivity index (χ2v) is 6.71. The van der Waals surface area contributed by atoms with Gasteiger partial charge in [-0.1, -0.05) is 37.8 Å². The van der Waals surface area contributed by atoms with Crippen molar-refractivity contribution in [2.75, 3.05) is 0 Å². The van der Waals surface area contributed by atoms with E-state index in [0.29, 0.717) is 17.5 Å². The van der Waals surface area contributed by atoms with Crippen LogP contribution in [0.2, 0.25) is 0 Å². The maximum Gasteiger partial charge on any atom is 0.258 e. The largest absolute Gasteiger partial charge is 0.334 e. The van der Waals surface area contributed by atoms with E-state index in [4.69, 9.17) is 9.78 Å². The van der Waals surface area contributed by atoms with E-state index in [2.05, 4.69) is 22.0 Å².